The second-order valence-corrected chi connectivity index (χ2v) is 9.11. The zero-order valence-electron chi connectivity index (χ0n) is 19.1. The number of amides is 2. The van der Waals surface area contributed by atoms with Crippen molar-refractivity contribution in [3.8, 4) is 0 Å². The molecule has 3 heterocycles. The highest BCUT2D eigenvalue weighted by Gasteiger charge is 2.75. The predicted molar refractivity (Wildman–Crippen MR) is 117 cm³/mol. The summed E-state index contributed by atoms with van der Waals surface area (Å²) >= 11 is 0. The molecule has 8 heteroatoms. The first-order valence-corrected chi connectivity index (χ1v) is 11.4. The first-order chi connectivity index (χ1) is 15.3. The molecule has 2 unspecified atom stereocenters. The third kappa shape index (κ3) is 3.31. The van der Waals surface area contributed by atoms with E-state index in [0.29, 0.717) is 24.9 Å². The van der Waals surface area contributed by atoms with E-state index < -0.39 is 41.6 Å². The van der Waals surface area contributed by atoms with E-state index in [1.54, 1.807) is 6.92 Å². The number of anilines is 1. The fourth-order valence-corrected chi connectivity index (χ4v) is 5.78. The largest absolute Gasteiger partial charge is 0.466 e. The number of rotatable bonds is 7. The molecule has 3 fully saturated rings. The summed E-state index contributed by atoms with van der Waals surface area (Å²) in [6, 6.07) is 4.32. The summed E-state index contributed by atoms with van der Waals surface area (Å²) in [4.78, 5) is 41.6. The molecule has 0 saturated carbocycles. The minimum absolute atomic E-state index is 0.213. The second-order valence-electron chi connectivity index (χ2n) is 9.11. The summed E-state index contributed by atoms with van der Waals surface area (Å²) in [6.45, 7) is 7.38. The van der Waals surface area contributed by atoms with Crippen LogP contribution in [0, 0.1) is 25.7 Å². The van der Waals surface area contributed by atoms with Crippen LogP contribution in [-0.2, 0) is 23.9 Å². The second kappa shape index (κ2) is 8.48. The fraction of sp³-hybridized carbons (Fsp3) is 0.625. The van der Waals surface area contributed by atoms with Gasteiger partial charge in [-0.05, 0) is 57.2 Å². The molecule has 32 heavy (non-hydrogen) atoms. The number of hydrogen-bond acceptors (Lipinski definition) is 6. The third-order valence-electron chi connectivity index (χ3n) is 7.27. The Labute approximate surface area is 188 Å². The van der Waals surface area contributed by atoms with Gasteiger partial charge in [0.25, 0.3) is 0 Å². The van der Waals surface area contributed by atoms with E-state index >= 15 is 0 Å². The van der Waals surface area contributed by atoms with Gasteiger partial charge in [-0.3, -0.25) is 14.4 Å². The maximum Gasteiger partial charge on any atom is 0.312 e. The van der Waals surface area contributed by atoms with Gasteiger partial charge in [0, 0.05) is 5.69 Å². The van der Waals surface area contributed by atoms with Gasteiger partial charge >= 0.3 is 5.97 Å². The van der Waals surface area contributed by atoms with Gasteiger partial charge in [-0.1, -0.05) is 19.1 Å². The number of nitrogens with one attached hydrogen (secondary N) is 1. The molecular weight excluding hydrogens is 412 g/mol. The van der Waals surface area contributed by atoms with Crippen LogP contribution in [0.15, 0.2) is 18.2 Å². The maximum atomic E-state index is 13.7. The number of aryl methyl sites for hydroxylation is 2. The van der Waals surface area contributed by atoms with Crippen LogP contribution in [0.2, 0.25) is 0 Å². The van der Waals surface area contributed by atoms with Crippen molar-refractivity contribution in [2.45, 2.75) is 70.7 Å². The Balaban J connectivity index is 1.75. The molecular formula is C24H32N2O6. The van der Waals surface area contributed by atoms with E-state index in [2.05, 4.69) is 5.32 Å². The molecule has 3 aliphatic rings. The summed E-state index contributed by atoms with van der Waals surface area (Å²) in [7, 11) is 0. The zero-order valence-corrected chi connectivity index (χ0v) is 19.1. The van der Waals surface area contributed by atoms with Gasteiger partial charge in [0.15, 0.2) is 0 Å². The Morgan fingerprint density at radius 2 is 2.09 bits per heavy atom. The smallest absolute Gasteiger partial charge is 0.312 e. The van der Waals surface area contributed by atoms with E-state index in [1.807, 2.05) is 39.0 Å². The van der Waals surface area contributed by atoms with E-state index in [9.17, 15) is 19.5 Å². The van der Waals surface area contributed by atoms with Gasteiger partial charge < -0.3 is 24.8 Å². The normalized spacial score (nSPS) is 31.5. The molecule has 1 aromatic rings. The number of benzene rings is 1. The van der Waals surface area contributed by atoms with Gasteiger partial charge in [0.05, 0.1) is 37.2 Å². The molecule has 4 rings (SSSR count). The number of esters is 1. The molecule has 0 aliphatic carbocycles. The molecule has 174 valence electrons. The zero-order chi connectivity index (χ0) is 23.2. The highest BCUT2D eigenvalue weighted by Crippen LogP contribution is 2.59. The summed E-state index contributed by atoms with van der Waals surface area (Å²) in [5.41, 5.74) is 1.49. The van der Waals surface area contributed by atoms with Gasteiger partial charge in [0.2, 0.25) is 11.8 Å². The number of carbonyl (C=O) groups excluding carboxylic acids is 3. The third-order valence-corrected chi connectivity index (χ3v) is 7.27. The molecule has 2 amide bonds. The van der Waals surface area contributed by atoms with Crippen LogP contribution in [0.4, 0.5) is 5.69 Å². The lowest BCUT2D eigenvalue weighted by Gasteiger charge is -2.36. The van der Waals surface area contributed by atoms with Crippen molar-refractivity contribution in [3.63, 3.8) is 0 Å². The molecule has 3 saturated heterocycles. The minimum atomic E-state index is -1.09. The first kappa shape index (κ1) is 22.7. The highest BCUT2D eigenvalue weighted by atomic mass is 16.6. The first-order valence-electron chi connectivity index (χ1n) is 11.4. The van der Waals surface area contributed by atoms with Gasteiger partial charge in [0.1, 0.15) is 11.6 Å². The van der Waals surface area contributed by atoms with E-state index in [1.165, 1.54) is 4.90 Å². The van der Waals surface area contributed by atoms with Crippen LogP contribution in [0.25, 0.3) is 0 Å². The molecule has 1 aromatic carbocycles. The Hall–Kier alpha value is -2.45. The average Bonchev–Trinajstić information content (AvgIpc) is 3.40. The van der Waals surface area contributed by atoms with Crippen LogP contribution in [0.3, 0.4) is 0 Å². The number of carbonyl (C=O) groups is 3. The fourth-order valence-electron chi connectivity index (χ4n) is 5.78. The number of nitrogens with zero attached hydrogens (tertiary/aromatic N) is 1. The number of hydrogen-bond donors (Lipinski definition) is 2. The SMILES string of the molecule is CCOC(=O)[C@@H]1[C@H]2C(=O)N([C@@H](CC)CO)C(C(=O)Nc3cc(C)ccc3C)C23CC[C@H]1O3. The Morgan fingerprint density at radius 1 is 1.34 bits per heavy atom. The van der Waals surface area contributed by atoms with Gasteiger partial charge in [-0.15, -0.1) is 0 Å². The van der Waals surface area contributed by atoms with Crippen molar-refractivity contribution < 1.29 is 29.0 Å². The lowest BCUT2D eigenvalue weighted by atomic mass is 9.70. The predicted octanol–water partition coefficient (Wildman–Crippen LogP) is 1.95. The molecule has 2 N–H and O–H groups in total. The van der Waals surface area contributed by atoms with E-state index in [-0.39, 0.29) is 25.0 Å². The summed E-state index contributed by atoms with van der Waals surface area (Å²) in [6.07, 6.45) is 1.14. The molecule has 1 spiro atoms. The van der Waals surface area contributed by atoms with Crippen molar-refractivity contribution in [1.29, 1.82) is 0 Å². The highest BCUT2D eigenvalue weighted by molar-refractivity contribution is 6.03. The summed E-state index contributed by atoms with van der Waals surface area (Å²) in [5, 5.41) is 13.0. The van der Waals surface area contributed by atoms with Crippen molar-refractivity contribution in [2.75, 3.05) is 18.5 Å². The topological polar surface area (TPSA) is 105 Å². The maximum absolute atomic E-state index is 13.7. The Bertz CT molecular complexity index is 929. The molecule has 0 radical (unpaired) electrons. The van der Waals surface area contributed by atoms with Crippen molar-refractivity contribution in [1.82, 2.24) is 4.90 Å². The molecule has 0 aromatic heterocycles. The molecule has 2 bridgehead atoms. The summed E-state index contributed by atoms with van der Waals surface area (Å²) < 4.78 is 11.6. The van der Waals surface area contributed by atoms with Crippen molar-refractivity contribution in [2.24, 2.45) is 11.8 Å². The lowest BCUT2D eigenvalue weighted by Crippen LogP contribution is -2.56. The average molecular weight is 445 g/mol. The number of ether oxygens (including phenoxy) is 2. The molecule has 8 nitrogen and oxygen atoms in total. The van der Waals surface area contributed by atoms with Crippen LogP contribution >= 0.6 is 0 Å². The van der Waals surface area contributed by atoms with Crippen LogP contribution < -0.4 is 5.32 Å². The molecule has 3 aliphatic heterocycles. The number of aliphatic hydroxyl groups is 1. The number of likely N-dealkylation sites (tertiary alicyclic amines) is 1. The van der Waals surface area contributed by atoms with Crippen molar-refractivity contribution in [3.05, 3.63) is 29.3 Å². The standard InChI is InChI=1S/C24H32N2O6/c1-5-15(12-27)26-20(21(28)25-16-11-13(3)7-8-14(16)4)24-10-9-17(32-24)18(19(24)22(26)29)23(30)31-6-2/h7-8,11,15,17-20,27H,5-6,9-10,12H2,1-4H3,(H,25,28)/t15-,17+,18-,19-,20?,24?/m0/s1. The lowest BCUT2D eigenvalue weighted by molar-refractivity contribution is -0.155. The molecule has 6 atom stereocenters. The number of fused-ring (bicyclic) bond motifs is 1. The monoisotopic (exact) mass is 444 g/mol. The number of aliphatic hydroxyl groups excluding tert-OH is 1. The Morgan fingerprint density at radius 3 is 2.75 bits per heavy atom. The Kier molecular flexibility index (Phi) is 6.02. The quantitative estimate of drug-likeness (QED) is 0.623. The van der Waals surface area contributed by atoms with Crippen LogP contribution in [0.1, 0.15) is 44.2 Å². The van der Waals surface area contributed by atoms with E-state index in [4.69, 9.17) is 9.47 Å². The summed E-state index contributed by atoms with van der Waals surface area (Å²) in [5.74, 6) is -2.63. The minimum Gasteiger partial charge on any atom is -0.466 e. The van der Waals surface area contributed by atoms with Crippen LogP contribution in [0.5, 0.6) is 0 Å². The van der Waals surface area contributed by atoms with Gasteiger partial charge in [-0.2, -0.15) is 0 Å². The van der Waals surface area contributed by atoms with Crippen LogP contribution in [-0.4, -0.2) is 64.8 Å². The van der Waals surface area contributed by atoms with E-state index in [0.717, 1.165) is 11.1 Å². The van der Waals surface area contributed by atoms with Gasteiger partial charge in [-0.25, -0.2) is 0 Å². The van der Waals surface area contributed by atoms with Crippen molar-refractivity contribution >= 4 is 23.5 Å².